The summed E-state index contributed by atoms with van der Waals surface area (Å²) in [5.74, 6) is -1.49. The Bertz CT molecular complexity index is 713. The molecule has 1 aromatic heterocycles. The van der Waals surface area contributed by atoms with Gasteiger partial charge in [-0.15, -0.1) is 0 Å². The Morgan fingerprint density at radius 2 is 2.14 bits per heavy atom. The van der Waals surface area contributed by atoms with Gasteiger partial charge in [0.25, 0.3) is 0 Å². The summed E-state index contributed by atoms with van der Waals surface area (Å²) >= 11 is 0. The molecule has 1 heterocycles. The molecule has 0 radical (unpaired) electrons. The van der Waals surface area contributed by atoms with Crippen LogP contribution in [0, 0.1) is 11.3 Å². The molecule has 2 N–H and O–H groups in total. The number of hydrogen-bond donors (Lipinski definition) is 2. The second-order valence-electron chi connectivity index (χ2n) is 4.45. The second-order valence-corrected chi connectivity index (χ2v) is 4.45. The largest absolute Gasteiger partial charge is 0.507 e. The average molecular weight is 286 g/mol. The van der Waals surface area contributed by atoms with Gasteiger partial charge in [-0.25, -0.2) is 4.79 Å². The van der Waals surface area contributed by atoms with Gasteiger partial charge in [-0.05, 0) is 23.8 Å². The van der Waals surface area contributed by atoms with Gasteiger partial charge in [-0.1, -0.05) is 6.07 Å². The third-order valence-corrected chi connectivity index (χ3v) is 3.11. The number of aromatic carboxylic acids is 1. The fourth-order valence-electron chi connectivity index (χ4n) is 2.03. The summed E-state index contributed by atoms with van der Waals surface area (Å²) in [5.41, 5.74) is 1.70. The zero-order chi connectivity index (χ0) is 15.4. The molecule has 6 heteroatoms. The lowest BCUT2D eigenvalue weighted by Crippen LogP contribution is -2.04. The third-order valence-electron chi connectivity index (χ3n) is 3.11. The fraction of sp³-hybridized carbons (Fsp3) is 0.200. The summed E-state index contributed by atoms with van der Waals surface area (Å²) in [4.78, 5) is 10.9. The molecule has 2 rings (SSSR count). The molecule has 0 atom stereocenters. The Kier molecular flexibility index (Phi) is 4.26. The number of nitriles is 1. The van der Waals surface area contributed by atoms with Gasteiger partial charge in [0, 0.05) is 25.4 Å². The van der Waals surface area contributed by atoms with Crippen LogP contribution in [0.15, 0.2) is 30.5 Å². The minimum atomic E-state index is -1.19. The maximum absolute atomic E-state index is 10.9. The monoisotopic (exact) mass is 286 g/mol. The topological polar surface area (TPSA) is 95.5 Å². The molecule has 0 bridgehead atoms. The number of carbonyl (C=O) groups is 1. The minimum Gasteiger partial charge on any atom is -0.507 e. The van der Waals surface area contributed by atoms with Gasteiger partial charge in [-0.3, -0.25) is 0 Å². The van der Waals surface area contributed by atoms with Gasteiger partial charge in [-0.2, -0.15) is 5.26 Å². The number of methoxy groups -OCH3 is 1. The van der Waals surface area contributed by atoms with E-state index in [9.17, 15) is 9.90 Å². The van der Waals surface area contributed by atoms with Crippen molar-refractivity contribution in [2.24, 2.45) is 0 Å². The number of ether oxygens (including phenoxy) is 1. The van der Waals surface area contributed by atoms with Crippen LogP contribution in [0.5, 0.6) is 5.75 Å². The Hall–Kier alpha value is -2.78. The first kappa shape index (κ1) is 14.6. The summed E-state index contributed by atoms with van der Waals surface area (Å²) in [6.07, 6.45) is 1.77. The van der Waals surface area contributed by atoms with Crippen LogP contribution in [0.25, 0.3) is 11.1 Å². The second kappa shape index (κ2) is 6.11. The lowest BCUT2D eigenvalue weighted by Gasteiger charge is -2.04. The number of carboxylic acid groups (broad SMARTS) is 1. The van der Waals surface area contributed by atoms with Crippen LogP contribution in [-0.2, 0) is 11.3 Å². The number of hydrogen-bond acceptors (Lipinski definition) is 4. The highest BCUT2D eigenvalue weighted by molar-refractivity contribution is 5.91. The molecule has 6 nitrogen and oxygen atoms in total. The van der Waals surface area contributed by atoms with Crippen molar-refractivity contribution in [3.63, 3.8) is 0 Å². The smallest absolute Gasteiger partial charge is 0.339 e. The van der Waals surface area contributed by atoms with Crippen LogP contribution in [0.4, 0.5) is 0 Å². The molecule has 0 aliphatic rings. The van der Waals surface area contributed by atoms with Crippen molar-refractivity contribution in [3.8, 4) is 22.9 Å². The van der Waals surface area contributed by atoms with E-state index in [1.807, 2.05) is 0 Å². The first-order valence-corrected chi connectivity index (χ1v) is 6.22. The maximum Gasteiger partial charge on any atom is 0.339 e. The van der Waals surface area contributed by atoms with Crippen LogP contribution in [0.3, 0.4) is 0 Å². The normalized spacial score (nSPS) is 10.3. The molecule has 0 aliphatic carbocycles. The molecule has 0 fully saturated rings. The van der Waals surface area contributed by atoms with Gasteiger partial charge in [0.1, 0.15) is 23.1 Å². The van der Waals surface area contributed by atoms with E-state index in [1.54, 1.807) is 30.0 Å². The first-order valence-electron chi connectivity index (χ1n) is 6.22. The molecular formula is C15H14N2O4. The first-order chi connectivity index (χ1) is 10.1. The van der Waals surface area contributed by atoms with Crippen molar-refractivity contribution in [1.29, 1.82) is 5.26 Å². The van der Waals surface area contributed by atoms with E-state index in [4.69, 9.17) is 15.1 Å². The van der Waals surface area contributed by atoms with Crippen molar-refractivity contribution in [2.75, 3.05) is 13.7 Å². The number of phenols is 1. The van der Waals surface area contributed by atoms with Crippen molar-refractivity contribution in [1.82, 2.24) is 4.57 Å². The van der Waals surface area contributed by atoms with Crippen molar-refractivity contribution < 1.29 is 19.7 Å². The predicted molar refractivity (Wildman–Crippen MR) is 75.1 cm³/mol. The third kappa shape index (κ3) is 3.04. The summed E-state index contributed by atoms with van der Waals surface area (Å²) in [6.45, 7) is 1.02. The maximum atomic E-state index is 10.9. The van der Waals surface area contributed by atoms with E-state index >= 15 is 0 Å². The summed E-state index contributed by atoms with van der Waals surface area (Å²) < 4.78 is 6.74. The Labute approximate surface area is 121 Å². The Morgan fingerprint density at radius 3 is 2.71 bits per heavy atom. The molecule has 0 unspecified atom stereocenters. The van der Waals surface area contributed by atoms with E-state index in [0.717, 1.165) is 5.56 Å². The standard InChI is InChI=1S/C15H14N2O4/c1-21-5-4-17-9-11(6-12(17)8-16)10-2-3-13(15(19)20)14(18)7-10/h2-3,6-7,9,18H,4-5H2,1H3,(H,19,20). The number of rotatable bonds is 5. The molecule has 2 aromatic rings. The van der Waals surface area contributed by atoms with Crippen LogP contribution in [0.2, 0.25) is 0 Å². The van der Waals surface area contributed by atoms with Gasteiger partial charge >= 0.3 is 5.97 Å². The number of nitrogens with zero attached hydrogens (tertiary/aromatic N) is 2. The van der Waals surface area contributed by atoms with Crippen LogP contribution in [0.1, 0.15) is 16.1 Å². The van der Waals surface area contributed by atoms with Gasteiger partial charge in [0.05, 0.1) is 6.61 Å². The highest BCUT2D eigenvalue weighted by Gasteiger charge is 2.12. The van der Waals surface area contributed by atoms with Crippen LogP contribution >= 0.6 is 0 Å². The lowest BCUT2D eigenvalue weighted by atomic mass is 10.1. The molecular weight excluding hydrogens is 272 g/mol. The van der Waals surface area contributed by atoms with Crippen molar-refractivity contribution >= 4 is 5.97 Å². The average Bonchev–Trinajstić information content (AvgIpc) is 2.87. The van der Waals surface area contributed by atoms with Gasteiger partial charge in [0.2, 0.25) is 0 Å². The van der Waals surface area contributed by atoms with Crippen LogP contribution < -0.4 is 0 Å². The molecule has 0 saturated carbocycles. The van der Waals surface area contributed by atoms with E-state index in [0.29, 0.717) is 24.4 Å². The number of carboxylic acids is 1. The lowest BCUT2D eigenvalue weighted by molar-refractivity contribution is 0.0694. The number of benzene rings is 1. The van der Waals surface area contributed by atoms with E-state index in [1.165, 1.54) is 12.1 Å². The molecule has 0 amide bonds. The highest BCUT2D eigenvalue weighted by atomic mass is 16.5. The fourth-order valence-corrected chi connectivity index (χ4v) is 2.03. The summed E-state index contributed by atoms with van der Waals surface area (Å²) in [6, 6.07) is 8.09. The highest BCUT2D eigenvalue weighted by Crippen LogP contribution is 2.28. The number of aromatic nitrogens is 1. The van der Waals surface area contributed by atoms with Crippen molar-refractivity contribution in [3.05, 3.63) is 41.7 Å². The predicted octanol–water partition coefficient (Wildman–Crippen LogP) is 2.08. The molecule has 1 aromatic carbocycles. The Balaban J connectivity index is 2.38. The summed E-state index contributed by atoms with van der Waals surface area (Å²) in [7, 11) is 1.58. The zero-order valence-electron chi connectivity index (χ0n) is 11.4. The quantitative estimate of drug-likeness (QED) is 0.877. The van der Waals surface area contributed by atoms with Gasteiger partial charge in [0.15, 0.2) is 0 Å². The molecule has 21 heavy (non-hydrogen) atoms. The minimum absolute atomic E-state index is 0.155. The van der Waals surface area contributed by atoms with Crippen LogP contribution in [-0.4, -0.2) is 34.5 Å². The molecule has 108 valence electrons. The van der Waals surface area contributed by atoms with E-state index in [2.05, 4.69) is 6.07 Å². The molecule has 0 aliphatic heterocycles. The van der Waals surface area contributed by atoms with E-state index in [-0.39, 0.29) is 11.3 Å². The van der Waals surface area contributed by atoms with Crippen molar-refractivity contribution in [2.45, 2.75) is 6.54 Å². The molecule has 0 saturated heterocycles. The number of aromatic hydroxyl groups is 1. The van der Waals surface area contributed by atoms with E-state index < -0.39 is 5.97 Å². The Morgan fingerprint density at radius 1 is 1.38 bits per heavy atom. The SMILES string of the molecule is COCCn1cc(-c2ccc(C(=O)O)c(O)c2)cc1C#N. The molecule has 0 spiro atoms. The van der Waals surface area contributed by atoms with Gasteiger partial charge < -0.3 is 19.5 Å². The zero-order valence-corrected chi connectivity index (χ0v) is 11.4. The summed E-state index contributed by atoms with van der Waals surface area (Å²) in [5, 5.41) is 27.7.